The highest BCUT2D eigenvalue weighted by atomic mass is 32.2. The maximum atomic E-state index is 12.5. The number of carbonyl (C=O) groups excluding carboxylic acids is 1. The van der Waals surface area contributed by atoms with Crippen LogP contribution >= 0.6 is 0 Å². The number of ether oxygens (including phenoxy) is 1. The van der Waals surface area contributed by atoms with Crippen molar-refractivity contribution in [1.82, 2.24) is 15.3 Å². The lowest BCUT2D eigenvalue weighted by Crippen LogP contribution is -2.38. The number of H-pyrrole nitrogens is 1. The summed E-state index contributed by atoms with van der Waals surface area (Å²) in [4.78, 5) is 18.8. The molecule has 1 aromatic carbocycles. The lowest BCUT2D eigenvalue weighted by Gasteiger charge is -2.11. The van der Waals surface area contributed by atoms with E-state index in [1.165, 1.54) is 6.92 Å². The van der Waals surface area contributed by atoms with Gasteiger partial charge in [-0.2, -0.15) is 0 Å². The third-order valence-electron chi connectivity index (χ3n) is 3.30. The first-order valence-corrected chi connectivity index (χ1v) is 8.46. The molecule has 120 valence electrons. The molecule has 1 heterocycles. The van der Waals surface area contributed by atoms with Gasteiger partial charge in [0.15, 0.2) is 0 Å². The van der Waals surface area contributed by atoms with Crippen LogP contribution in [0.15, 0.2) is 29.4 Å². The van der Waals surface area contributed by atoms with Gasteiger partial charge in [0.2, 0.25) is 20.9 Å². The fraction of sp³-hybridized carbons (Fsp3) is 0.429. The first kappa shape index (κ1) is 16.4. The van der Waals surface area contributed by atoms with Crippen LogP contribution in [0.1, 0.15) is 13.3 Å². The second-order valence-corrected chi connectivity index (χ2v) is 7.07. The van der Waals surface area contributed by atoms with E-state index in [9.17, 15) is 13.2 Å². The fourth-order valence-corrected chi connectivity index (χ4v) is 3.12. The zero-order valence-corrected chi connectivity index (χ0v) is 13.3. The van der Waals surface area contributed by atoms with Gasteiger partial charge < -0.3 is 15.0 Å². The molecule has 1 unspecified atom stereocenters. The number of aromatic nitrogens is 2. The van der Waals surface area contributed by atoms with Crippen LogP contribution in [-0.4, -0.2) is 49.8 Å². The number of benzene rings is 1. The third kappa shape index (κ3) is 3.45. The van der Waals surface area contributed by atoms with Crippen molar-refractivity contribution in [2.75, 3.05) is 20.3 Å². The van der Waals surface area contributed by atoms with E-state index >= 15 is 0 Å². The molecule has 1 aromatic heterocycles. The van der Waals surface area contributed by atoms with E-state index in [2.05, 4.69) is 15.3 Å². The third-order valence-corrected chi connectivity index (χ3v) is 5.17. The lowest BCUT2D eigenvalue weighted by molar-refractivity contribution is -0.120. The summed E-state index contributed by atoms with van der Waals surface area (Å²) in [5.74, 6) is -0.545. The molecule has 8 heteroatoms. The van der Waals surface area contributed by atoms with Crippen LogP contribution in [0.3, 0.4) is 0 Å². The summed E-state index contributed by atoms with van der Waals surface area (Å²) in [5, 5.41) is 1.19. The summed E-state index contributed by atoms with van der Waals surface area (Å²) >= 11 is 0. The number of hydrogen-bond donors (Lipinski definition) is 2. The van der Waals surface area contributed by atoms with Gasteiger partial charge in [0.1, 0.15) is 5.25 Å². The smallest absolute Gasteiger partial charge is 0.238 e. The van der Waals surface area contributed by atoms with Gasteiger partial charge in [-0.05, 0) is 25.5 Å². The van der Waals surface area contributed by atoms with Gasteiger partial charge in [0.05, 0.1) is 11.0 Å². The van der Waals surface area contributed by atoms with Crippen molar-refractivity contribution in [3.05, 3.63) is 24.3 Å². The quantitative estimate of drug-likeness (QED) is 0.736. The standard InChI is InChI=1S/C14H19N3O4S/c1-10(13(18)15-8-5-9-21-2)22(19,20)14-16-11-6-3-4-7-12(11)17-14/h3-4,6-7,10H,5,8-9H2,1-2H3,(H,15,18)(H,16,17). The molecule has 0 radical (unpaired) electrons. The summed E-state index contributed by atoms with van der Waals surface area (Å²) in [5.41, 5.74) is 1.17. The number of imidazole rings is 1. The summed E-state index contributed by atoms with van der Waals surface area (Å²) in [7, 11) is -2.29. The van der Waals surface area contributed by atoms with Gasteiger partial charge in [-0.3, -0.25) is 4.79 Å². The summed E-state index contributed by atoms with van der Waals surface area (Å²) in [6.45, 7) is 2.23. The minimum absolute atomic E-state index is 0.187. The number of fused-ring (bicyclic) bond motifs is 1. The Morgan fingerprint density at radius 2 is 2.14 bits per heavy atom. The van der Waals surface area contributed by atoms with Crippen LogP contribution in [0.5, 0.6) is 0 Å². The number of para-hydroxylation sites is 2. The average Bonchev–Trinajstić information content (AvgIpc) is 2.95. The first-order chi connectivity index (χ1) is 10.5. The average molecular weight is 325 g/mol. The zero-order chi connectivity index (χ0) is 16.2. The predicted molar refractivity (Wildman–Crippen MR) is 82.2 cm³/mol. The van der Waals surface area contributed by atoms with Gasteiger partial charge in [-0.1, -0.05) is 12.1 Å². The van der Waals surface area contributed by atoms with Crippen LogP contribution < -0.4 is 5.32 Å². The topological polar surface area (TPSA) is 101 Å². The molecule has 0 aliphatic rings. The molecule has 2 rings (SSSR count). The largest absolute Gasteiger partial charge is 0.385 e. The highest BCUT2D eigenvalue weighted by Gasteiger charge is 2.32. The Morgan fingerprint density at radius 1 is 1.41 bits per heavy atom. The number of amides is 1. The van der Waals surface area contributed by atoms with Gasteiger partial charge in [0.25, 0.3) is 0 Å². The van der Waals surface area contributed by atoms with Crippen LogP contribution in [0.4, 0.5) is 0 Å². The van der Waals surface area contributed by atoms with Crippen LogP contribution in [0.25, 0.3) is 11.0 Å². The Morgan fingerprint density at radius 3 is 2.82 bits per heavy atom. The van der Waals surface area contributed by atoms with E-state index in [0.29, 0.717) is 30.6 Å². The SMILES string of the molecule is COCCCNC(=O)C(C)S(=O)(=O)c1nc2ccccc2[nH]1. The van der Waals surface area contributed by atoms with Crippen molar-refractivity contribution in [1.29, 1.82) is 0 Å². The van der Waals surface area contributed by atoms with Crippen LogP contribution in [-0.2, 0) is 19.4 Å². The number of methoxy groups -OCH3 is 1. The molecule has 0 aliphatic carbocycles. The predicted octanol–water partition coefficient (Wildman–Crippen LogP) is 0.878. The van der Waals surface area contributed by atoms with E-state index < -0.39 is 21.0 Å². The number of nitrogens with zero attached hydrogens (tertiary/aromatic N) is 1. The lowest BCUT2D eigenvalue weighted by atomic mass is 10.3. The number of rotatable bonds is 7. The molecule has 1 atom stereocenters. The Labute approximate surface area is 129 Å². The molecule has 0 saturated carbocycles. The molecule has 0 spiro atoms. The maximum Gasteiger partial charge on any atom is 0.238 e. The number of nitrogens with one attached hydrogen (secondary N) is 2. The van der Waals surface area contributed by atoms with Crippen molar-refractivity contribution >= 4 is 26.8 Å². The molecule has 1 amide bonds. The molecular formula is C14H19N3O4S. The monoisotopic (exact) mass is 325 g/mol. The normalized spacial score (nSPS) is 13.2. The number of carbonyl (C=O) groups is 1. The Balaban J connectivity index is 2.13. The number of aromatic amines is 1. The minimum atomic E-state index is -3.85. The molecule has 0 saturated heterocycles. The summed E-state index contributed by atoms with van der Waals surface area (Å²) < 4.78 is 29.8. The van der Waals surface area contributed by atoms with Gasteiger partial charge >= 0.3 is 0 Å². The van der Waals surface area contributed by atoms with E-state index in [-0.39, 0.29) is 5.16 Å². The van der Waals surface area contributed by atoms with Crippen LogP contribution in [0.2, 0.25) is 0 Å². The maximum absolute atomic E-state index is 12.5. The highest BCUT2D eigenvalue weighted by molar-refractivity contribution is 7.92. The number of hydrogen-bond acceptors (Lipinski definition) is 5. The Bertz CT molecular complexity index is 721. The van der Waals surface area contributed by atoms with Crippen LogP contribution in [0, 0.1) is 0 Å². The molecule has 22 heavy (non-hydrogen) atoms. The molecule has 0 aliphatic heterocycles. The van der Waals surface area contributed by atoms with Crippen molar-refractivity contribution < 1.29 is 17.9 Å². The molecule has 2 aromatic rings. The minimum Gasteiger partial charge on any atom is -0.385 e. The molecule has 7 nitrogen and oxygen atoms in total. The van der Waals surface area contributed by atoms with Gasteiger partial charge in [-0.25, -0.2) is 13.4 Å². The second kappa shape index (κ2) is 6.89. The van der Waals surface area contributed by atoms with Gasteiger partial charge in [-0.15, -0.1) is 0 Å². The zero-order valence-electron chi connectivity index (χ0n) is 12.5. The number of sulfone groups is 1. The van der Waals surface area contributed by atoms with E-state index in [0.717, 1.165) is 0 Å². The Hall–Kier alpha value is -1.93. The molecule has 0 bridgehead atoms. The molecular weight excluding hydrogens is 306 g/mol. The van der Waals surface area contributed by atoms with Crippen molar-refractivity contribution in [2.24, 2.45) is 0 Å². The molecule has 2 N–H and O–H groups in total. The van der Waals surface area contributed by atoms with E-state index in [1.807, 2.05) is 0 Å². The highest BCUT2D eigenvalue weighted by Crippen LogP contribution is 2.18. The van der Waals surface area contributed by atoms with E-state index in [4.69, 9.17) is 4.74 Å². The van der Waals surface area contributed by atoms with E-state index in [1.54, 1.807) is 31.4 Å². The fourth-order valence-electron chi connectivity index (χ4n) is 1.94. The molecule has 0 fully saturated rings. The Kier molecular flexibility index (Phi) is 5.15. The van der Waals surface area contributed by atoms with Crippen molar-refractivity contribution in [2.45, 2.75) is 23.8 Å². The second-order valence-electron chi connectivity index (χ2n) is 4.88. The summed E-state index contributed by atoms with van der Waals surface area (Å²) in [6.07, 6.45) is 0.625. The van der Waals surface area contributed by atoms with Crippen molar-refractivity contribution in [3.8, 4) is 0 Å². The van der Waals surface area contributed by atoms with Crippen molar-refractivity contribution in [3.63, 3.8) is 0 Å². The first-order valence-electron chi connectivity index (χ1n) is 6.92. The van der Waals surface area contributed by atoms with Gasteiger partial charge in [0, 0.05) is 20.3 Å². The summed E-state index contributed by atoms with van der Waals surface area (Å²) in [6, 6.07) is 6.99.